The van der Waals surface area contributed by atoms with Crippen molar-refractivity contribution in [2.45, 2.75) is 17.0 Å². The molecule has 170 valence electrons. The summed E-state index contributed by atoms with van der Waals surface area (Å²) in [6, 6.07) is 22.6. The number of hydrogen-bond acceptors (Lipinski definition) is 6. The van der Waals surface area contributed by atoms with Crippen molar-refractivity contribution in [3.8, 4) is 11.5 Å². The van der Waals surface area contributed by atoms with E-state index in [0.717, 1.165) is 43.9 Å². The van der Waals surface area contributed by atoms with E-state index >= 15 is 0 Å². The summed E-state index contributed by atoms with van der Waals surface area (Å²) in [6.07, 6.45) is 3.37. The molecule has 6 rings (SSSR count). The summed E-state index contributed by atoms with van der Waals surface area (Å²) in [5, 5.41) is 8.14. The lowest BCUT2D eigenvalue weighted by atomic mass is 9.84. The number of methoxy groups -OCH3 is 1. The summed E-state index contributed by atoms with van der Waals surface area (Å²) in [6.45, 7) is 0. The van der Waals surface area contributed by atoms with Crippen LogP contribution in [-0.4, -0.2) is 28.1 Å². The third-order valence-electron chi connectivity index (χ3n) is 6.23. The molecule has 2 aliphatic rings. The summed E-state index contributed by atoms with van der Waals surface area (Å²) in [4.78, 5) is 5.71. The number of benzene rings is 3. The van der Waals surface area contributed by atoms with E-state index in [0.29, 0.717) is 5.95 Å². The van der Waals surface area contributed by atoms with Crippen LogP contribution in [0, 0.1) is 0 Å². The molecule has 0 aliphatic carbocycles. The number of nitrogens with one attached hydrogen (secondary N) is 1. The minimum Gasteiger partial charge on any atom is -0.496 e. The molecule has 2 aliphatic heterocycles. The molecule has 2 unspecified atom stereocenters. The molecule has 0 spiro atoms. The van der Waals surface area contributed by atoms with Gasteiger partial charge in [0.2, 0.25) is 5.95 Å². The van der Waals surface area contributed by atoms with E-state index in [1.807, 2.05) is 28.9 Å². The third-order valence-corrected chi connectivity index (χ3v) is 7.59. The highest BCUT2D eigenvalue weighted by molar-refractivity contribution is 9.10. The minimum absolute atomic E-state index is 0.213. The molecular formula is C26H21BrN4O2S. The molecule has 1 aromatic heterocycles. The van der Waals surface area contributed by atoms with Gasteiger partial charge in [-0.2, -0.15) is 10.1 Å². The SMILES string of the molecule is COc1ccc(C2C3=C(Nc4ncnn42)c2ccccc2OC3c2ccc(SC)cc2)cc1Br. The smallest absolute Gasteiger partial charge is 0.226 e. The van der Waals surface area contributed by atoms with Crippen molar-refractivity contribution >= 4 is 39.3 Å². The Kier molecular flexibility index (Phi) is 5.34. The lowest BCUT2D eigenvalue weighted by Crippen LogP contribution is -2.32. The molecule has 0 amide bonds. The van der Waals surface area contributed by atoms with Crippen LogP contribution in [0.25, 0.3) is 5.70 Å². The van der Waals surface area contributed by atoms with Gasteiger partial charge in [0.05, 0.1) is 17.3 Å². The van der Waals surface area contributed by atoms with Crippen LogP contribution in [0.4, 0.5) is 5.95 Å². The summed E-state index contributed by atoms with van der Waals surface area (Å²) in [7, 11) is 1.67. The number of nitrogens with zero attached hydrogens (tertiary/aromatic N) is 3. The van der Waals surface area contributed by atoms with E-state index in [2.05, 4.69) is 80.0 Å². The highest BCUT2D eigenvalue weighted by Gasteiger charge is 2.41. The Hall–Kier alpha value is -3.23. The van der Waals surface area contributed by atoms with Gasteiger partial charge in [0.25, 0.3) is 0 Å². The first-order valence-corrected chi connectivity index (χ1v) is 12.8. The molecular weight excluding hydrogens is 512 g/mol. The Morgan fingerprint density at radius 1 is 1.06 bits per heavy atom. The molecule has 1 N–H and O–H groups in total. The molecule has 8 heteroatoms. The molecule has 2 atom stereocenters. The summed E-state index contributed by atoms with van der Waals surface area (Å²) >= 11 is 5.38. The van der Waals surface area contributed by atoms with Gasteiger partial charge in [-0.3, -0.25) is 0 Å². The monoisotopic (exact) mass is 532 g/mol. The molecule has 6 nitrogen and oxygen atoms in total. The topological polar surface area (TPSA) is 61.2 Å². The first-order valence-electron chi connectivity index (χ1n) is 10.8. The van der Waals surface area contributed by atoms with Crippen LogP contribution in [0.2, 0.25) is 0 Å². The molecule has 4 aromatic rings. The fourth-order valence-corrected chi connectivity index (χ4v) is 5.61. The lowest BCUT2D eigenvalue weighted by molar-refractivity contribution is 0.223. The second kappa shape index (κ2) is 8.52. The predicted molar refractivity (Wildman–Crippen MR) is 137 cm³/mol. The summed E-state index contributed by atoms with van der Waals surface area (Å²) < 4.78 is 15.0. The Balaban J connectivity index is 1.59. The fraction of sp³-hybridized carbons (Fsp3) is 0.154. The van der Waals surface area contributed by atoms with Gasteiger partial charge in [-0.05, 0) is 69.7 Å². The molecule has 34 heavy (non-hydrogen) atoms. The van der Waals surface area contributed by atoms with Gasteiger partial charge >= 0.3 is 0 Å². The van der Waals surface area contributed by atoms with Crippen LogP contribution in [-0.2, 0) is 0 Å². The number of aromatic nitrogens is 3. The van der Waals surface area contributed by atoms with Crippen LogP contribution in [0.15, 0.2) is 88.0 Å². The number of ether oxygens (including phenoxy) is 2. The maximum absolute atomic E-state index is 6.68. The van der Waals surface area contributed by atoms with Gasteiger partial charge in [0.1, 0.15) is 30.0 Å². The van der Waals surface area contributed by atoms with Crippen molar-refractivity contribution in [3.63, 3.8) is 0 Å². The highest BCUT2D eigenvalue weighted by atomic mass is 79.9. The fourth-order valence-electron chi connectivity index (χ4n) is 4.64. The number of rotatable bonds is 4. The van der Waals surface area contributed by atoms with Crippen LogP contribution in [0.1, 0.15) is 28.8 Å². The van der Waals surface area contributed by atoms with E-state index in [9.17, 15) is 0 Å². The minimum atomic E-state index is -0.295. The van der Waals surface area contributed by atoms with Crippen LogP contribution in [0.3, 0.4) is 0 Å². The number of anilines is 1. The van der Waals surface area contributed by atoms with E-state index in [-0.39, 0.29) is 12.1 Å². The number of fused-ring (bicyclic) bond motifs is 3. The van der Waals surface area contributed by atoms with Gasteiger partial charge in [-0.15, -0.1) is 11.8 Å². The normalized spacial score (nSPS) is 18.3. The molecule has 0 radical (unpaired) electrons. The van der Waals surface area contributed by atoms with E-state index in [1.54, 1.807) is 25.2 Å². The first kappa shape index (κ1) is 21.3. The molecule has 0 saturated heterocycles. The first-order chi connectivity index (χ1) is 16.7. The average Bonchev–Trinajstić information content (AvgIpc) is 3.35. The zero-order chi connectivity index (χ0) is 23.2. The number of halogens is 1. The Morgan fingerprint density at radius 2 is 1.85 bits per heavy atom. The quantitative estimate of drug-likeness (QED) is 0.310. The zero-order valence-electron chi connectivity index (χ0n) is 18.5. The number of thioether (sulfide) groups is 1. The Bertz CT molecular complexity index is 1420. The number of hydrogen-bond donors (Lipinski definition) is 1. The van der Waals surface area contributed by atoms with Gasteiger partial charge < -0.3 is 14.8 Å². The lowest BCUT2D eigenvalue weighted by Gasteiger charge is -2.39. The Morgan fingerprint density at radius 3 is 2.62 bits per heavy atom. The standard InChI is InChI=1S/C26H21BrN4O2S/c1-32-21-12-9-16(13-19(21)27)24-22-23(30-26-28-14-29-31(24)26)18-5-3-4-6-20(18)33-25(22)15-7-10-17(34-2)11-8-15/h3-14,24-25H,1-2H3,(H,28,29,30). The van der Waals surface area contributed by atoms with Crippen LogP contribution < -0.4 is 14.8 Å². The predicted octanol–water partition coefficient (Wildman–Crippen LogP) is 6.33. The second-order valence-electron chi connectivity index (χ2n) is 8.05. The molecule has 0 saturated carbocycles. The molecule has 0 fully saturated rings. The summed E-state index contributed by atoms with van der Waals surface area (Å²) in [5.74, 6) is 2.32. The molecule has 3 aromatic carbocycles. The number of para-hydroxylation sites is 1. The third kappa shape index (κ3) is 3.40. The molecule has 3 heterocycles. The maximum atomic E-state index is 6.68. The van der Waals surface area contributed by atoms with Crippen LogP contribution >= 0.6 is 27.7 Å². The van der Waals surface area contributed by atoms with Gasteiger partial charge in [0, 0.05) is 16.0 Å². The average molecular weight is 533 g/mol. The van der Waals surface area contributed by atoms with Gasteiger partial charge in [-0.25, -0.2) is 4.68 Å². The van der Waals surface area contributed by atoms with Crippen molar-refractivity contribution in [2.75, 3.05) is 18.7 Å². The maximum Gasteiger partial charge on any atom is 0.226 e. The molecule has 0 bridgehead atoms. The van der Waals surface area contributed by atoms with Crippen LogP contribution in [0.5, 0.6) is 11.5 Å². The van der Waals surface area contributed by atoms with E-state index in [1.165, 1.54) is 4.90 Å². The zero-order valence-corrected chi connectivity index (χ0v) is 20.9. The highest BCUT2D eigenvalue weighted by Crippen LogP contribution is 2.51. The van der Waals surface area contributed by atoms with Gasteiger partial charge in [0.15, 0.2) is 0 Å². The second-order valence-corrected chi connectivity index (χ2v) is 9.78. The van der Waals surface area contributed by atoms with Crippen molar-refractivity contribution in [2.24, 2.45) is 0 Å². The largest absolute Gasteiger partial charge is 0.496 e. The van der Waals surface area contributed by atoms with Gasteiger partial charge in [-0.1, -0.05) is 30.3 Å². The summed E-state index contributed by atoms with van der Waals surface area (Å²) in [5.41, 5.74) is 5.26. The Labute approximate surface area is 210 Å². The van der Waals surface area contributed by atoms with Crippen molar-refractivity contribution in [1.82, 2.24) is 14.8 Å². The van der Waals surface area contributed by atoms with Crippen molar-refractivity contribution in [3.05, 3.63) is 99.8 Å². The van der Waals surface area contributed by atoms with Crippen molar-refractivity contribution in [1.29, 1.82) is 0 Å². The van der Waals surface area contributed by atoms with Crippen molar-refractivity contribution < 1.29 is 9.47 Å². The van der Waals surface area contributed by atoms with E-state index < -0.39 is 0 Å². The van der Waals surface area contributed by atoms with E-state index in [4.69, 9.17) is 9.47 Å².